The van der Waals surface area contributed by atoms with Crippen molar-refractivity contribution in [3.8, 4) is 0 Å². The van der Waals surface area contributed by atoms with Gasteiger partial charge in [0.25, 0.3) is 0 Å². The van der Waals surface area contributed by atoms with Crippen LogP contribution in [0.2, 0.25) is 0 Å². The molecule has 100 valence electrons. The predicted molar refractivity (Wildman–Crippen MR) is 66.4 cm³/mol. The van der Waals surface area contributed by atoms with Crippen molar-refractivity contribution in [1.29, 1.82) is 0 Å². The molecule has 1 atom stereocenters. The summed E-state index contributed by atoms with van der Waals surface area (Å²) in [5.41, 5.74) is 0. The first-order chi connectivity index (χ1) is 8.56. The van der Waals surface area contributed by atoms with E-state index < -0.39 is 11.6 Å². The molecule has 0 heterocycles. The van der Waals surface area contributed by atoms with E-state index in [2.05, 4.69) is 5.32 Å². The fourth-order valence-corrected chi connectivity index (χ4v) is 1.99. The summed E-state index contributed by atoms with van der Waals surface area (Å²) in [6.07, 6.45) is 0.637. The third-order valence-corrected chi connectivity index (χ3v) is 3.33. The Hall–Kier alpha value is -1.14. The van der Waals surface area contributed by atoms with Crippen molar-refractivity contribution in [2.45, 2.75) is 24.3 Å². The first-order valence-corrected chi connectivity index (χ1v) is 6.53. The Kier molecular flexibility index (Phi) is 6.07. The molecule has 0 spiro atoms. The normalized spacial score (nSPS) is 12.2. The number of amides is 1. The highest BCUT2D eigenvalue weighted by Gasteiger charge is 2.10. The van der Waals surface area contributed by atoms with Gasteiger partial charge in [-0.05, 0) is 24.6 Å². The monoisotopic (exact) mass is 275 g/mol. The highest BCUT2D eigenvalue weighted by molar-refractivity contribution is 8.00. The lowest BCUT2D eigenvalue weighted by Crippen LogP contribution is -2.37. The minimum absolute atomic E-state index is 0.0988. The van der Waals surface area contributed by atoms with Gasteiger partial charge in [-0.15, -0.1) is 11.8 Å². The average molecular weight is 275 g/mol. The fraction of sp³-hybridized carbons (Fsp3) is 0.417. The number of benzene rings is 1. The second kappa shape index (κ2) is 7.33. The molecule has 2 N–H and O–H groups in total. The third-order valence-electron chi connectivity index (χ3n) is 2.34. The van der Waals surface area contributed by atoms with E-state index in [4.69, 9.17) is 5.11 Å². The summed E-state index contributed by atoms with van der Waals surface area (Å²) in [7, 11) is 0. The zero-order valence-corrected chi connectivity index (χ0v) is 10.8. The first-order valence-electron chi connectivity index (χ1n) is 5.54. The Bertz CT molecular complexity index is 411. The molecule has 0 saturated carbocycles. The molecular formula is C12H15F2NO2S. The average Bonchev–Trinajstić information content (AvgIpc) is 2.37. The topological polar surface area (TPSA) is 49.3 Å². The molecule has 0 saturated heterocycles. The van der Waals surface area contributed by atoms with Gasteiger partial charge in [0.15, 0.2) is 11.6 Å². The number of hydrogen-bond donors (Lipinski definition) is 2. The lowest BCUT2D eigenvalue weighted by molar-refractivity contribution is -0.119. The van der Waals surface area contributed by atoms with E-state index in [1.165, 1.54) is 6.07 Å². The zero-order chi connectivity index (χ0) is 13.5. The number of carbonyl (C=O) groups is 1. The number of nitrogens with one attached hydrogen (secondary N) is 1. The van der Waals surface area contributed by atoms with Crippen molar-refractivity contribution in [1.82, 2.24) is 5.32 Å². The van der Waals surface area contributed by atoms with Crippen LogP contribution in [0.1, 0.15) is 13.3 Å². The molecule has 1 aromatic carbocycles. The van der Waals surface area contributed by atoms with E-state index in [0.717, 1.165) is 23.9 Å². The smallest absolute Gasteiger partial charge is 0.230 e. The Labute approximate surface area is 109 Å². The van der Waals surface area contributed by atoms with E-state index in [0.29, 0.717) is 11.3 Å². The highest BCUT2D eigenvalue weighted by atomic mass is 32.2. The summed E-state index contributed by atoms with van der Waals surface area (Å²) < 4.78 is 25.6. The van der Waals surface area contributed by atoms with Crippen LogP contribution in [0.3, 0.4) is 0 Å². The van der Waals surface area contributed by atoms with Gasteiger partial charge >= 0.3 is 0 Å². The van der Waals surface area contributed by atoms with E-state index in [9.17, 15) is 13.6 Å². The van der Waals surface area contributed by atoms with Gasteiger partial charge in [-0.25, -0.2) is 8.78 Å². The van der Waals surface area contributed by atoms with Crippen molar-refractivity contribution in [2.75, 3.05) is 12.4 Å². The number of halogens is 2. The van der Waals surface area contributed by atoms with Gasteiger partial charge in [-0.1, -0.05) is 6.92 Å². The number of aliphatic hydroxyl groups is 1. The second-order valence-electron chi connectivity index (χ2n) is 3.72. The van der Waals surface area contributed by atoms with Crippen LogP contribution in [0.15, 0.2) is 23.1 Å². The van der Waals surface area contributed by atoms with Gasteiger partial charge < -0.3 is 10.4 Å². The van der Waals surface area contributed by atoms with E-state index >= 15 is 0 Å². The van der Waals surface area contributed by atoms with E-state index in [1.54, 1.807) is 0 Å². The number of carbonyl (C=O) groups excluding carboxylic acids is 1. The summed E-state index contributed by atoms with van der Waals surface area (Å²) >= 11 is 1.11. The van der Waals surface area contributed by atoms with Crippen molar-refractivity contribution in [3.05, 3.63) is 29.8 Å². The van der Waals surface area contributed by atoms with Crippen LogP contribution in [0.5, 0.6) is 0 Å². The van der Waals surface area contributed by atoms with Gasteiger partial charge in [0.05, 0.1) is 18.4 Å². The quantitative estimate of drug-likeness (QED) is 0.780. The van der Waals surface area contributed by atoms with Crippen LogP contribution >= 0.6 is 11.8 Å². The Morgan fingerprint density at radius 1 is 1.44 bits per heavy atom. The molecule has 0 aliphatic heterocycles. The molecule has 0 aliphatic carbocycles. The standard InChI is InChI=1S/C12H15F2NO2S/c1-2-8(6-16)15-12(17)7-18-9-3-4-10(13)11(14)5-9/h3-5,8,16H,2,6-7H2,1H3,(H,15,17). The predicted octanol–water partition coefficient (Wildman–Crippen LogP) is 1.94. The van der Waals surface area contributed by atoms with Crippen LogP contribution in [0, 0.1) is 11.6 Å². The molecule has 1 amide bonds. The molecule has 1 aromatic rings. The molecular weight excluding hydrogens is 260 g/mol. The molecule has 6 heteroatoms. The van der Waals surface area contributed by atoms with E-state index in [1.807, 2.05) is 6.92 Å². The third kappa shape index (κ3) is 4.62. The van der Waals surface area contributed by atoms with Crippen LogP contribution in [-0.2, 0) is 4.79 Å². The summed E-state index contributed by atoms with van der Waals surface area (Å²) in [5.74, 6) is -1.98. The number of rotatable bonds is 6. The summed E-state index contributed by atoms with van der Waals surface area (Å²) in [6.45, 7) is 1.74. The van der Waals surface area contributed by atoms with Crippen molar-refractivity contribution in [2.24, 2.45) is 0 Å². The van der Waals surface area contributed by atoms with E-state index in [-0.39, 0.29) is 24.3 Å². The summed E-state index contributed by atoms with van der Waals surface area (Å²) in [4.78, 5) is 12.0. The van der Waals surface area contributed by atoms with Crippen molar-refractivity contribution in [3.63, 3.8) is 0 Å². The molecule has 18 heavy (non-hydrogen) atoms. The lowest BCUT2D eigenvalue weighted by atomic mass is 10.2. The largest absolute Gasteiger partial charge is 0.394 e. The SMILES string of the molecule is CCC(CO)NC(=O)CSc1ccc(F)c(F)c1. The van der Waals surface area contributed by atoms with Crippen LogP contribution in [0.4, 0.5) is 8.78 Å². The number of hydrogen-bond acceptors (Lipinski definition) is 3. The Balaban J connectivity index is 2.44. The molecule has 0 fully saturated rings. The fourth-order valence-electron chi connectivity index (χ4n) is 1.26. The van der Waals surface area contributed by atoms with Crippen LogP contribution in [0.25, 0.3) is 0 Å². The first kappa shape index (κ1) is 14.9. The zero-order valence-electron chi connectivity index (χ0n) is 9.95. The molecule has 1 unspecified atom stereocenters. The van der Waals surface area contributed by atoms with Crippen LogP contribution in [-0.4, -0.2) is 29.4 Å². The maximum atomic E-state index is 12.9. The van der Waals surface area contributed by atoms with Crippen molar-refractivity contribution >= 4 is 17.7 Å². The molecule has 3 nitrogen and oxygen atoms in total. The molecule has 0 aromatic heterocycles. The number of thioether (sulfide) groups is 1. The molecule has 1 rings (SSSR count). The minimum atomic E-state index is -0.929. The summed E-state index contributed by atoms with van der Waals surface area (Å²) in [6, 6.07) is 3.23. The molecule has 0 bridgehead atoms. The molecule has 0 aliphatic rings. The number of aliphatic hydroxyl groups excluding tert-OH is 1. The van der Waals surface area contributed by atoms with Gasteiger partial charge in [0, 0.05) is 4.90 Å². The lowest BCUT2D eigenvalue weighted by Gasteiger charge is -2.13. The van der Waals surface area contributed by atoms with Gasteiger partial charge in [-0.2, -0.15) is 0 Å². The minimum Gasteiger partial charge on any atom is -0.394 e. The maximum absolute atomic E-state index is 12.9. The second-order valence-corrected chi connectivity index (χ2v) is 4.77. The maximum Gasteiger partial charge on any atom is 0.230 e. The Morgan fingerprint density at radius 3 is 2.72 bits per heavy atom. The molecule has 0 radical (unpaired) electrons. The van der Waals surface area contributed by atoms with Gasteiger partial charge in [0.1, 0.15) is 0 Å². The highest BCUT2D eigenvalue weighted by Crippen LogP contribution is 2.20. The van der Waals surface area contributed by atoms with Gasteiger partial charge in [-0.3, -0.25) is 4.79 Å². The van der Waals surface area contributed by atoms with Gasteiger partial charge in [0.2, 0.25) is 5.91 Å². The van der Waals surface area contributed by atoms with Crippen LogP contribution < -0.4 is 5.32 Å². The summed E-state index contributed by atoms with van der Waals surface area (Å²) in [5, 5.41) is 11.5. The Morgan fingerprint density at radius 2 is 2.17 bits per heavy atom. The van der Waals surface area contributed by atoms with Crippen molar-refractivity contribution < 1.29 is 18.7 Å².